The van der Waals surface area contributed by atoms with Gasteiger partial charge in [-0.2, -0.15) is 0 Å². The number of carbonyl (C=O) groups is 3. The molecule has 0 aromatic heterocycles. The molecule has 0 aliphatic heterocycles. The van der Waals surface area contributed by atoms with Gasteiger partial charge in [-0.1, -0.05) is 55.5 Å². The first-order valence-corrected chi connectivity index (χ1v) is 8.62. The summed E-state index contributed by atoms with van der Waals surface area (Å²) in [6, 6.07) is 15.2. The molecule has 0 radical (unpaired) electrons. The zero-order chi connectivity index (χ0) is 19.8. The van der Waals surface area contributed by atoms with E-state index in [0.717, 1.165) is 0 Å². The molecule has 0 bridgehead atoms. The van der Waals surface area contributed by atoms with Crippen LogP contribution in [0.4, 0.5) is 0 Å². The number of primary amides is 1. The Balaban J connectivity index is 2.23. The highest BCUT2D eigenvalue weighted by molar-refractivity contribution is 5.95. The Morgan fingerprint density at radius 1 is 0.963 bits per heavy atom. The number of rotatable bonds is 8. The predicted molar refractivity (Wildman–Crippen MR) is 101 cm³/mol. The van der Waals surface area contributed by atoms with Crippen molar-refractivity contribution in [2.75, 3.05) is 0 Å². The van der Waals surface area contributed by atoms with Crippen LogP contribution in [0.5, 0.6) is 0 Å². The molecule has 7 nitrogen and oxygen atoms in total. The smallest absolute Gasteiger partial charge is 0.252 e. The quantitative estimate of drug-likeness (QED) is 0.552. The second-order valence-electron chi connectivity index (χ2n) is 6.04. The minimum atomic E-state index is -1.60. The van der Waals surface area contributed by atoms with E-state index in [1.165, 1.54) is 0 Å². The van der Waals surface area contributed by atoms with Gasteiger partial charge in [-0.15, -0.1) is 0 Å². The van der Waals surface area contributed by atoms with Crippen LogP contribution in [0.15, 0.2) is 60.7 Å². The van der Waals surface area contributed by atoms with Crippen LogP contribution in [-0.2, 0) is 9.59 Å². The fraction of sp³-hybridized carbons (Fsp3) is 0.250. The minimum absolute atomic E-state index is 0.292. The lowest BCUT2D eigenvalue weighted by Gasteiger charge is -2.25. The van der Waals surface area contributed by atoms with Crippen LogP contribution in [-0.4, -0.2) is 35.0 Å². The van der Waals surface area contributed by atoms with Crippen molar-refractivity contribution in [2.45, 2.75) is 31.5 Å². The van der Waals surface area contributed by atoms with Crippen molar-refractivity contribution in [2.24, 2.45) is 5.73 Å². The number of benzene rings is 2. The molecule has 0 spiro atoms. The third kappa shape index (κ3) is 5.39. The Morgan fingerprint density at radius 3 is 2.04 bits per heavy atom. The second kappa shape index (κ2) is 9.49. The van der Waals surface area contributed by atoms with Gasteiger partial charge >= 0.3 is 0 Å². The van der Waals surface area contributed by atoms with Crippen molar-refractivity contribution >= 4 is 17.7 Å². The molecule has 27 heavy (non-hydrogen) atoms. The standard InChI is InChI=1S/C20H23N3O4/c1-2-15(18(21)25)22-20(27)17(24)16(13-9-5-3-6-10-13)23-19(26)14-11-7-4-8-12-14/h3-12,15-17,24H,2H2,1H3,(H2,21,25)(H,22,27)(H,23,26)/t15-,16-,17+/m0/s1. The first kappa shape index (κ1) is 20.1. The molecule has 0 unspecified atom stereocenters. The summed E-state index contributed by atoms with van der Waals surface area (Å²) in [6.07, 6.45) is -1.31. The number of aliphatic hydroxyl groups is 1. The van der Waals surface area contributed by atoms with E-state index in [1.807, 2.05) is 0 Å². The van der Waals surface area contributed by atoms with Crippen molar-refractivity contribution in [1.29, 1.82) is 0 Å². The average Bonchev–Trinajstić information content (AvgIpc) is 2.70. The maximum absolute atomic E-state index is 12.5. The summed E-state index contributed by atoms with van der Waals surface area (Å²) < 4.78 is 0. The Hall–Kier alpha value is -3.19. The number of aliphatic hydroxyl groups excluding tert-OH is 1. The third-order valence-electron chi connectivity index (χ3n) is 4.13. The normalized spacial score (nSPS) is 13.9. The lowest BCUT2D eigenvalue weighted by Crippen LogP contribution is -2.51. The SMILES string of the molecule is CC[C@H](NC(=O)[C@H](O)[C@@H](NC(=O)c1ccccc1)c1ccccc1)C(N)=O. The van der Waals surface area contributed by atoms with E-state index in [-0.39, 0.29) is 0 Å². The third-order valence-corrected chi connectivity index (χ3v) is 4.13. The number of hydrogen-bond donors (Lipinski definition) is 4. The Labute approximate surface area is 157 Å². The van der Waals surface area contributed by atoms with E-state index < -0.39 is 35.9 Å². The number of hydrogen-bond acceptors (Lipinski definition) is 4. The first-order valence-electron chi connectivity index (χ1n) is 8.62. The van der Waals surface area contributed by atoms with Gasteiger partial charge in [0.2, 0.25) is 5.91 Å². The van der Waals surface area contributed by atoms with Crippen molar-refractivity contribution in [1.82, 2.24) is 10.6 Å². The molecular weight excluding hydrogens is 346 g/mol. The second-order valence-corrected chi connectivity index (χ2v) is 6.04. The fourth-order valence-electron chi connectivity index (χ4n) is 2.60. The van der Waals surface area contributed by atoms with Crippen molar-refractivity contribution in [3.8, 4) is 0 Å². The van der Waals surface area contributed by atoms with E-state index >= 15 is 0 Å². The molecular formula is C20H23N3O4. The van der Waals surface area contributed by atoms with E-state index in [2.05, 4.69) is 10.6 Å². The lowest BCUT2D eigenvalue weighted by molar-refractivity contribution is -0.134. The maximum atomic E-state index is 12.5. The Kier molecular flexibility index (Phi) is 7.08. The Bertz CT molecular complexity index is 780. The van der Waals surface area contributed by atoms with Crippen molar-refractivity contribution in [3.63, 3.8) is 0 Å². The van der Waals surface area contributed by atoms with Crippen molar-refractivity contribution in [3.05, 3.63) is 71.8 Å². The summed E-state index contributed by atoms with van der Waals surface area (Å²) in [5.41, 5.74) is 6.18. The van der Waals surface area contributed by atoms with Gasteiger partial charge in [-0.25, -0.2) is 0 Å². The maximum Gasteiger partial charge on any atom is 0.252 e. The largest absolute Gasteiger partial charge is 0.381 e. The fourth-order valence-corrected chi connectivity index (χ4v) is 2.60. The summed E-state index contributed by atoms with van der Waals surface area (Å²) in [6.45, 7) is 1.69. The topological polar surface area (TPSA) is 122 Å². The highest BCUT2D eigenvalue weighted by Gasteiger charge is 2.31. The molecule has 0 heterocycles. The number of nitrogens with one attached hydrogen (secondary N) is 2. The van der Waals surface area contributed by atoms with Crippen LogP contribution < -0.4 is 16.4 Å². The minimum Gasteiger partial charge on any atom is -0.381 e. The zero-order valence-electron chi connectivity index (χ0n) is 15.0. The molecule has 5 N–H and O–H groups in total. The van der Waals surface area contributed by atoms with Gasteiger partial charge in [0.15, 0.2) is 6.10 Å². The Morgan fingerprint density at radius 2 is 1.52 bits per heavy atom. The van der Waals surface area contributed by atoms with E-state index in [4.69, 9.17) is 5.73 Å². The molecule has 142 valence electrons. The molecule has 2 aromatic carbocycles. The summed E-state index contributed by atoms with van der Waals surface area (Å²) in [7, 11) is 0. The summed E-state index contributed by atoms with van der Waals surface area (Å²) in [5, 5.41) is 15.7. The monoisotopic (exact) mass is 369 g/mol. The van der Waals surface area contributed by atoms with E-state index in [9.17, 15) is 19.5 Å². The summed E-state index contributed by atoms with van der Waals surface area (Å²) >= 11 is 0. The first-order chi connectivity index (χ1) is 12.9. The molecule has 0 fully saturated rings. The van der Waals surface area contributed by atoms with Gasteiger partial charge in [0, 0.05) is 5.56 Å². The average molecular weight is 369 g/mol. The molecule has 7 heteroatoms. The van der Waals surface area contributed by atoms with Crippen LogP contribution >= 0.6 is 0 Å². The van der Waals surface area contributed by atoms with E-state index in [0.29, 0.717) is 17.5 Å². The molecule has 0 aliphatic rings. The van der Waals surface area contributed by atoms with Gasteiger partial charge in [-0.3, -0.25) is 14.4 Å². The molecule has 0 saturated carbocycles. The highest BCUT2D eigenvalue weighted by Crippen LogP contribution is 2.18. The predicted octanol–water partition coefficient (Wildman–Crippen LogP) is 0.899. The van der Waals surface area contributed by atoms with Gasteiger partial charge < -0.3 is 21.5 Å². The molecule has 0 saturated heterocycles. The van der Waals surface area contributed by atoms with Gasteiger partial charge in [-0.05, 0) is 24.1 Å². The number of carbonyl (C=O) groups excluding carboxylic acids is 3. The number of amides is 3. The molecule has 0 aliphatic carbocycles. The molecule has 2 rings (SSSR count). The van der Waals surface area contributed by atoms with Crippen LogP contribution in [0, 0.1) is 0 Å². The van der Waals surface area contributed by atoms with Gasteiger partial charge in [0.1, 0.15) is 6.04 Å². The zero-order valence-corrected chi connectivity index (χ0v) is 15.0. The highest BCUT2D eigenvalue weighted by atomic mass is 16.3. The van der Waals surface area contributed by atoms with Crippen LogP contribution in [0.25, 0.3) is 0 Å². The van der Waals surface area contributed by atoms with Crippen molar-refractivity contribution < 1.29 is 19.5 Å². The number of nitrogens with two attached hydrogens (primary N) is 1. The summed E-state index contributed by atoms with van der Waals surface area (Å²) in [4.78, 5) is 36.3. The van der Waals surface area contributed by atoms with Gasteiger partial charge in [0.05, 0.1) is 6.04 Å². The van der Waals surface area contributed by atoms with Crippen LogP contribution in [0.3, 0.4) is 0 Å². The molecule has 3 atom stereocenters. The molecule has 3 amide bonds. The van der Waals surface area contributed by atoms with Gasteiger partial charge in [0.25, 0.3) is 11.8 Å². The van der Waals surface area contributed by atoms with E-state index in [1.54, 1.807) is 67.6 Å². The van der Waals surface area contributed by atoms with Crippen LogP contribution in [0.1, 0.15) is 35.3 Å². The molecule has 2 aromatic rings. The summed E-state index contributed by atoms with van der Waals surface area (Å²) in [5.74, 6) is -1.91. The lowest BCUT2D eigenvalue weighted by atomic mass is 9.99. The van der Waals surface area contributed by atoms with Crippen LogP contribution in [0.2, 0.25) is 0 Å².